The molecule has 0 aliphatic carbocycles. The fraction of sp³-hybridized carbons (Fsp3) is 0.333. The summed E-state index contributed by atoms with van der Waals surface area (Å²) in [6.45, 7) is 2.66. The molecule has 2 aromatic rings. The largest absolute Gasteiger partial charge is 0.325 e. The van der Waals surface area contributed by atoms with Crippen LogP contribution in [-0.2, 0) is 13.0 Å². The second kappa shape index (κ2) is 4.97. The number of anilines is 2. The van der Waals surface area contributed by atoms with E-state index in [-0.39, 0.29) is 0 Å². The lowest BCUT2D eigenvalue weighted by molar-refractivity contribution is 0.612. The summed E-state index contributed by atoms with van der Waals surface area (Å²) in [4.78, 5) is 11.1. The fourth-order valence-electron chi connectivity index (χ4n) is 2.62. The van der Waals surface area contributed by atoms with Crippen molar-refractivity contribution in [2.75, 3.05) is 4.90 Å². The smallest absolute Gasteiger partial charge is 0.151 e. The number of nitrogens with zero attached hydrogens (tertiary/aromatic N) is 3. The van der Waals surface area contributed by atoms with Gasteiger partial charge in [0, 0.05) is 18.3 Å². The van der Waals surface area contributed by atoms with Gasteiger partial charge in [-0.05, 0) is 31.4 Å². The van der Waals surface area contributed by atoms with E-state index in [4.69, 9.17) is 5.73 Å². The van der Waals surface area contributed by atoms with Crippen LogP contribution in [0.1, 0.15) is 24.6 Å². The van der Waals surface area contributed by atoms with E-state index in [0.717, 1.165) is 24.4 Å². The third-order valence-electron chi connectivity index (χ3n) is 3.67. The molecule has 19 heavy (non-hydrogen) atoms. The van der Waals surface area contributed by atoms with Crippen LogP contribution in [0.5, 0.6) is 0 Å². The van der Waals surface area contributed by atoms with Crippen molar-refractivity contribution in [3.8, 4) is 0 Å². The van der Waals surface area contributed by atoms with E-state index in [1.54, 1.807) is 6.20 Å². The Balaban J connectivity index is 2.02. The summed E-state index contributed by atoms with van der Waals surface area (Å²) in [5.74, 6) is 0.900. The Labute approximate surface area is 113 Å². The van der Waals surface area contributed by atoms with E-state index in [9.17, 15) is 0 Å². The first kappa shape index (κ1) is 12.1. The van der Waals surface area contributed by atoms with Gasteiger partial charge < -0.3 is 10.6 Å². The number of benzene rings is 1. The second-order valence-electron chi connectivity index (χ2n) is 4.96. The van der Waals surface area contributed by atoms with E-state index < -0.39 is 0 Å². The first-order chi connectivity index (χ1) is 9.29. The van der Waals surface area contributed by atoms with Gasteiger partial charge in [0.05, 0.1) is 18.1 Å². The van der Waals surface area contributed by atoms with Crippen molar-refractivity contribution < 1.29 is 0 Å². The number of aromatic nitrogens is 2. The van der Waals surface area contributed by atoms with Crippen molar-refractivity contribution in [3.63, 3.8) is 0 Å². The Hall–Kier alpha value is -1.94. The second-order valence-corrected chi connectivity index (χ2v) is 4.96. The van der Waals surface area contributed by atoms with Crippen LogP contribution in [0.25, 0.3) is 0 Å². The molecule has 0 saturated heterocycles. The predicted molar refractivity (Wildman–Crippen MR) is 76.3 cm³/mol. The minimum atomic E-state index is 0.430. The molecule has 1 aromatic carbocycles. The Morgan fingerprint density at radius 2 is 2.11 bits per heavy atom. The van der Waals surface area contributed by atoms with Crippen molar-refractivity contribution in [3.05, 3.63) is 47.9 Å². The van der Waals surface area contributed by atoms with E-state index in [2.05, 4.69) is 46.1 Å². The van der Waals surface area contributed by atoms with Gasteiger partial charge in [0.25, 0.3) is 0 Å². The van der Waals surface area contributed by atoms with E-state index >= 15 is 0 Å². The van der Waals surface area contributed by atoms with Gasteiger partial charge in [-0.3, -0.25) is 4.98 Å². The summed E-state index contributed by atoms with van der Waals surface area (Å²) in [7, 11) is 0. The molecule has 2 heterocycles. The summed E-state index contributed by atoms with van der Waals surface area (Å²) in [6, 6.07) is 8.95. The molecule has 0 bridgehead atoms. The van der Waals surface area contributed by atoms with Gasteiger partial charge in [0.15, 0.2) is 5.82 Å². The van der Waals surface area contributed by atoms with Crippen molar-refractivity contribution >= 4 is 11.5 Å². The van der Waals surface area contributed by atoms with Gasteiger partial charge in [-0.15, -0.1) is 0 Å². The molecule has 1 aliphatic rings. The van der Waals surface area contributed by atoms with Crippen LogP contribution in [-0.4, -0.2) is 16.0 Å². The van der Waals surface area contributed by atoms with Gasteiger partial charge in [0.2, 0.25) is 0 Å². The molecule has 1 atom stereocenters. The molecular weight excluding hydrogens is 236 g/mol. The molecule has 1 unspecified atom stereocenters. The van der Waals surface area contributed by atoms with Crippen LogP contribution < -0.4 is 10.6 Å². The highest BCUT2D eigenvalue weighted by atomic mass is 15.2. The highest BCUT2D eigenvalue weighted by Crippen LogP contribution is 2.35. The average molecular weight is 254 g/mol. The quantitative estimate of drug-likeness (QED) is 0.894. The molecule has 3 rings (SSSR count). The maximum atomic E-state index is 5.57. The lowest BCUT2D eigenvalue weighted by Crippen LogP contribution is -2.33. The zero-order valence-electron chi connectivity index (χ0n) is 11.1. The van der Waals surface area contributed by atoms with E-state index in [1.165, 1.54) is 11.3 Å². The first-order valence-electron chi connectivity index (χ1n) is 6.67. The van der Waals surface area contributed by atoms with Crippen LogP contribution in [0, 0.1) is 0 Å². The van der Waals surface area contributed by atoms with Crippen LogP contribution in [0.2, 0.25) is 0 Å². The third kappa shape index (κ3) is 2.19. The highest BCUT2D eigenvalue weighted by Gasteiger charge is 2.24. The molecule has 4 heteroatoms. The van der Waals surface area contributed by atoms with Crippen LogP contribution in [0.3, 0.4) is 0 Å². The van der Waals surface area contributed by atoms with Crippen LogP contribution >= 0.6 is 0 Å². The molecule has 1 aromatic heterocycles. The van der Waals surface area contributed by atoms with Gasteiger partial charge in [-0.1, -0.05) is 18.2 Å². The van der Waals surface area contributed by atoms with E-state index in [0.29, 0.717) is 12.6 Å². The standard InChI is InChI=1S/C15H18N4/c1-11-6-7-12-4-2-3-5-14(12)19(11)15-10-17-13(8-16)9-18-15/h2-5,9-11H,6-8,16H2,1H3. The van der Waals surface area contributed by atoms with Gasteiger partial charge in [-0.2, -0.15) is 0 Å². The first-order valence-corrected chi connectivity index (χ1v) is 6.67. The summed E-state index contributed by atoms with van der Waals surface area (Å²) in [6.07, 6.45) is 5.85. The van der Waals surface area contributed by atoms with E-state index in [1.807, 2.05) is 6.20 Å². The summed E-state index contributed by atoms with van der Waals surface area (Å²) in [5.41, 5.74) is 9.01. The molecule has 4 nitrogen and oxygen atoms in total. The van der Waals surface area contributed by atoms with Crippen molar-refractivity contribution in [2.24, 2.45) is 5.73 Å². The molecular formula is C15H18N4. The Kier molecular flexibility index (Phi) is 3.17. The maximum absolute atomic E-state index is 5.57. The molecule has 0 saturated carbocycles. The molecule has 0 radical (unpaired) electrons. The third-order valence-corrected chi connectivity index (χ3v) is 3.67. The number of rotatable bonds is 2. The lowest BCUT2D eigenvalue weighted by atomic mass is 9.97. The molecule has 2 N–H and O–H groups in total. The average Bonchev–Trinajstić information content (AvgIpc) is 2.47. The highest BCUT2D eigenvalue weighted by molar-refractivity contribution is 5.65. The number of fused-ring (bicyclic) bond motifs is 1. The SMILES string of the molecule is CC1CCc2ccccc2N1c1cnc(CN)cn1. The number of para-hydroxylation sites is 1. The Morgan fingerprint density at radius 1 is 1.26 bits per heavy atom. The zero-order valence-corrected chi connectivity index (χ0v) is 11.1. The molecule has 0 spiro atoms. The number of aryl methyl sites for hydroxylation is 1. The Morgan fingerprint density at radius 3 is 2.84 bits per heavy atom. The molecule has 1 aliphatic heterocycles. The molecule has 0 amide bonds. The zero-order chi connectivity index (χ0) is 13.2. The van der Waals surface area contributed by atoms with Crippen molar-refractivity contribution in [2.45, 2.75) is 32.4 Å². The minimum absolute atomic E-state index is 0.430. The molecule has 0 fully saturated rings. The monoisotopic (exact) mass is 254 g/mol. The number of hydrogen-bond acceptors (Lipinski definition) is 4. The van der Waals surface area contributed by atoms with Crippen LogP contribution in [0.4, 0.5) is 11.5 Å². The number of nitrogens with two attached hydrogens (primary N) is 1. The molecule has 98 valence electrons. The van der Waals surface area contributed by atoms with Gasteiger partial charge >= 0.3 is 0 Å². The van der Waals surface area contributed by atoms with Gasteiger partial charge in [-0.25, -0.2) is 4.98 Å². The summed E-state index contributed by atoms with van der Waals surface area (Å²) < 4.78 is 0. The Bertz CT molecular complexity index is 565. The number of hydrogen-bond donors (Lipinski definition) is 1. The minimum Gasteiger partial charge on any atom is -0.325 e. The van der Waals surface area contributed by atoms with Crippen molar-refractivity contribution in [1.82, 2.24) is 9.97 Å². The predicted octanol–water partition coefficient (Wildman–Crippen LogP) is 2.41. The normalized spacial score (nSPS) is 18.2. The maximum Gasteiger partial charge on any atom is 0.151 e. The van der Waals surface area contributed by atoms with Crippen LogP contribution in [0.15, 0.2) is 36.7 Å². The summed E-state index contributed by atoms with van der Waals surface area (Å²) >= 11 is 0. The summed E-state index contributed by atoms with van der Waals surface area (Å²) in [5, 5.41) is 0. The lowest BCUT2D eigenvalue weighted by Gasteiger charge is -2.36. The van der Waals surface area contributed by atoms with Gasteiger partial charge in [0.1, 0.15) is 0 Å². The van der Waals surface area contributed by atoms with Crippen molar-refractivity contribution in [1.29, 1.82) is 0 Å². The topological polar surface area (TPSA) is 55.0 Å². The fourth-order valence-corrected chi connectivity index (χ4v) is 2.62.